The second-order valence-corrected chi connectivity index (χ2v) is 7.38. The number of carboxylic acids is 1. The average molecular weight is 387 g/mol. The Morgan fingerprint density at radius 3 is 2.62 bits per heavy atom. The van der Waals surface area contributed by atoms with Crippen molar-refractivity contribution >= 4 is 17.3 Å². The van der Waals surface area contributed by atoms with Gasteiger partial charge in [0.05, 0.1) is 0 Å². The molecule has 0 aromatic heterocycles. The van der Waals surface area contributed by atoms with E-state index in [0.717, 1.165) is 36.3 Å². The molecule has 0 radical (unpaired) electrons. The molecule has 0 saturated carbocycles. The topological polar surface area (TPSA) is 49.8 Å². The van der Waals surface area contributed by atoms with Crippen LogP contribution in [0.1, 0.15) is 29.5 Å². The molecule has 3 aromatic rings. The lowest BCUT2D eigenvalue weighted by molar-refractivity contribution is -0.136. The molecule has 4 nitrogen and oxygen atoms in total. The molecule has 1 heterocycles. The lowest BCUT2D eigenvalue weighted by Gasteiger charge is -2.31. The van der Waals surface area contributed by atoms with Crippen LogP contribution in [-0.4, -0.2) is 17.6 Å². The van der Waals surface area contributed by atoms with E-state index in [2.05, 4.69) is 53.4 Å². The highest BCUT2D eigenvalue weighted by atomic mass is 16.5. The fraction of sp³-hybridized carbons (Fsp3) is 0.240. The van der Waals surface area contributed by atoms with Crippen molar-refractivity contribution in [2.75, 3.05) is 11.4 Å². The number of hydrogen-bond donors (Lipinski definition) is 1. The van der Waals surface area contributed by atoms with E-state index in [1.54, 1.807) is 0 Å². The number of hydrogen-bond acceptors (Lipinski definition) is 3. The van der Waals surface area contributed by atoms with Crippen molar-refractivity contribution in [2.45, 2.75) is 32.3 Å². The third-order valence-corrected chi connectivity index (χ3v) is 5.29. The highest BCUT2D eigenvalue weighted by Gasteiger charge is 2.17. The number of carboxylic acid groups (broad SMARTS) is 1. The van der Waals surface area contributed by atoms with Gasteiger partial charge in [0.2, 0.25) is 0 Å². The van der Waals surface area contributed by atoms with E-state index in [9.17, 15) is 4.79 Å². The molecule has 1 aliphatic rings. The summed E-state index contributed by atoms with van der Waals surface area (Å²) in [6.07, 6.45) is 2.98. The Hall–Kier alpha value is -3.27. The highest BCUT2D eigenvalue weighted by molar-refractivity contribution is 5.68. The summed E-state index contributed by atoms with van der Waals surface area (Å²) < 4.78 is 5.95. The van der Waals surface area contributed by atoms with E-state index in [4.69, 9.17) is 9.84 Å². The van der Waals surface area contributed by atoms with Gasteiger partial charge in [-0.15, -0.1) is 0 Å². The van der Waals surface area contributed by atoms with Gasteiger partial charge in [0.25, 0.3) is 0 Å². The molecule has 3 aromatic carbocycles. The first-order valence-corrected chi connectivity index (χ1v) is 10.1. The zero-order valence-electron chi connectivity index (χ0n) is 16.4. The van der Waals surface area contributed by atoms with Crippen molar-refractivity contribution in [1.82, 2.24) is 0 Å². The number of ether oxygens (including phenoxy) is 1. The summed E-state index contributed by atoms with van der Waals surface area (Å²) in [5, 5.41) is 8.78. The number of para-hydroxylation sites is 1. The minimum absolute atomic E-state index is 0.145. The lowest BCUT2D eigenvalue weighted by atomic mass is 10.0. The zero-order chi connectivity index (χ0) is 20.1. The van der Waals surface area contributed by atoms with Crippen LogP contribution in [0.15, 0.2) is 72.8 Å². The zero-order valence-corrected chi connectivity index (χ0v) is 16.4. The minimum atomic E-state index is -0.776. The van der Waals surface area contributed by atoms with Gasteiger partial charge in [0.15, 0.2) is 0 Å². The minimum Gasteiger partial charge on any atom is -0.489 e. The summed E-state index contributed by atoms with van der Waals surface area (Å²) in [7, 11) is 0. The van der Waals surface area contributed by atoms with Crippen LogP contribution < -0.4 is 9.64 Å². The summed E-state index contributed by atoms with van der Waals surface area (Å²) in [5.41, 5.74) is 6.03. The van der Waals surface area contributed by atoms with Crippen LogP contribution in [0.4, 0.5) is 11.4 Å². The lowest BCUT2D eigenvalue weighted by Crippen LogP contribution is -2.24. The summed E-state index contributed by atoms with van der Waals surface area (Å²) in [5.74, 6) is 0.0133. The van der Waals surface area contributed by atoms with Gasteiger partial charge in [0, 0.05) is 24.3 Å². The first-order chi connectivity index (χ1) is 14.2. The first-order valence-electron chi connectivity index (χ1n) is 10.1. The van der Waals surface area contributed by atoms with Crippen LogP contribution in [0.3, 0.4) is 0 Å². The van der Waals surface area contributed by atoms with Crippen molar-refractivity contribution in [1.29, 1.82) is 0 Å². The standard InChI is InChI=1S/C25H25NO3/c27-25(28)15-12-19-10-13-23(14-11-19)29-18-20-5-3-8-22(17-20)26-16-4-7-21-6-1-2-9-24(21)26/h1-3,5-6,8-11,13-14,17H,4,7,12,15-16,18H2,(H,27,28). The predicted molar refractivity (Wildman–Crippen MR) is 115 cm³/mol. The van der Waals surface area contributed by atoms with E-state index in [-0.39, 0.29) is 6.42 Å². The number of carbonyl (C=O) groups is 1. The van der Waals surface area contributed by atoms with Crippen molar-refractivity contribution in [3.63, 3.8) is 0 Å². The number of nitrogens with zero attached hydrogens (tertiary/aromatic N) is 1. The van der Waals surface area contributed by atoms with Gasteiger partial charge >= 0.3 is 5.97 Å². The average Bonchev–Trinajstić information content (AvgIpc) is 2.77. The second kappa shape index (κ2) is 8.82. The molecule has 0 fully saturated rings. The van der Waals surface area contributed by atoms with Gasteiger partial charge in [-0.05, 0) is 66.3 Å². The fourth-order valence-electron chi connectivity index (χ4n) is 3.79. The molecule has 0 atom stereocenters. The van der Waals surface area contributed by atoms with Crippen LogP contribution in [0.5, 0.6) is 5.75 Å². The quantitative estimate of drug-likeness (QED) is 0.592. The Morgan fingerprint density at radius 1 is 0.966 bits per heavy atom. The summed E-state index contributed by atoms with van der Waals surface area (Å²) in [6, 6.07) is 24.8. The molecule has 1 aliphatic heterocycles. The second-order valence-electron chi connectivity index (χ2n) is 7.38. The van der Waals surface area contributed by atoms with Gasteiger partial charge in [-0.3, -0.25) is 4.79 Å². The largest absolute Gasteiger partial charge is 0.489 e. The third kappa shape index (κ3) is 4.77. The normalized spacial score (nSPS) is 13.0. The molecule has 0 saturated heterocycles. The molecule has 29 heavy (non-hydrogen) atoms. The van der Waals surface area contributed by atoms with Gasteiger partial charge in [-0.1, -0.05) is 42.5 Å². The smallest absolute Gasteiger partial charge is 0.303 e. The van der Waals surface area contributed by atoms with Crippen molar-refractivity contribution in [3.05, 3.63) is 89.5 Å². The Labute approximate surface area is 171 Å². The number of fused-ring (bicyclic) bond motifs is 1. The van der Waals surface area contributed by atoms with Crippen LogP contribution in [-0.2, 0) is 24.2 Å². The Balaban J connectivity index is 1.42. The Bertz CT molecular complexity index is 981. The molecule has 4 heteroatoms. The predicted octanol–water partition coefficient (Wildman–Crippen LogP) is 5.37. The molecular weight excluding hydrogens is 362 g/mol. The molecule has 4 rings (SSSR count). The van der Waals surface area contributed by atoms with Crippen molar-refractivity contribution < 1.29 is 14.6 Å². The van der Waals surface area contributed by atoms with Gasteiger partial charge < -0.3 is 14.7 Å². The number of aryl methyl sites for hydroxylation is 2. The molecule has 1 N–H and O–H groups in total. The summed E-state index contributed by atoms with van der Waals surface area (Å²) in [4.78, 5) is 13.1. The van der Waals surface area contributed by atoms with E-state index in [0.29, 0.717) is 13.0 Å². The van der Waals surface area contributed by atoms with Crippen molar-refractivity contribution in [3.8, 4) is 5.75 Å². The number of benzene rings is 3. The summed E-state index contributed by atoms with van der Waals surface area (Å²) in [6.45, 7) is 1.52. The summed E-state index contributed by atoms with van der Waals surface area (Å²) >= 11 is 0. The molecule has 148 valence electrons. The van der Waals surface area contributed by atoms with E-state index in [1.807, 2.05) is 24.3 Å². The third-order valence-electron chi connectivity index (χ3n) is 5.29. The maximum atomic E-state index is 10.7. The van der Waals surface area contributed by atoms with Crippen LogP contribution in [0.25, 0.3) is 0 Å². The van der Waals surface area contributed by atoms with Crippen LogP contribution in [0.2, 0.25) is 0 Å². The van der Waals surface area contributed by atoms with Crippen molar-refractivity contribution in [2.24, 2.45) is 0 Å². The Morgan fingerprint density at radius 2 is 1.79 bits per heavy atom. The fourth-order valence-corrected chi connectivity index (χ4v) is 3.79. The number of anilines is 2. The van der Waals surface area contributed by atoms with E-state index >= 15 is 0 Å². The molecule has 0 spiro atoms. The van der Waals surface area contributed by atoms with Crippen LogP contribution >= 0.6 is 0 Å². The van der Waals surface area contributed by atoms with Gasteiger partial charge in [-0.2, -0.15) is 0 Å². The highest BCUT2D eigenvalue weighted by Crippen LogP contribution is 2.33. The molecule has 0 bridgehead atoms. The molecule has 0 aliphatic carbocycles. The Kier molecular flexibility index (Phi) is 5.80. The SMILES string of the molecule is O=C(O)CCc1ccc(OCc2cccc(N3CCCc4ccccc43)c2)cc1. The maximum Gasteiger partial charge on any atom is 0.303 e. The number of rotatable bonds is 7. The van der Waals surface area contributed by atoms with Gasteiger partial charge in [-0.25, -0.2) is 0 Å². The van der Waals surface area contributed by atoms with E-state index < -0.39 is 5.97 Å². The monoisotopic (exact) mass is 387 g/mol. The molecule has 0 unspecified atom stereocenters. The van der Waals surface area contributed by atoms with E-state index in [1.165, 1.54) is 16.9 Å². The molecule has 0 amide bonds. The number of aliphatic carboxylic acids is 1. The first kappa shape index (κ1) is 19.1. The van der Waals surface area contributed by atoms with Crippen LogP contribution in [0, 0.1) is 0 Å². The maximum absolute atomic E-state index is 10.7. The van der Waals surface area contributed by atoms with Gasteiger partial charge in [0.1, 0.15) is 12.4 Å². The molecular formula is C25H25NO3.